The average molecular weight is 337 g/mol. The Hall–Kier alpha value is -0.670. The molecule has 0 atom stereocenters. The zero-order valence-electron chi connectivity index (χ0n) is 12.5. The lowest BCUT2D eigenvalue weighted by molar-refractivity contribution is -0.00804. The molecule has 0 aromatic carbocycles. The third kappa shape index (κ3) is 3.75. The van der Waals surface area contributed by atoms with Crippen LogP contribution in [0.2, 0.25) is 5.15 Å². The van der Waals surface area contributed by atoms with Crippen LogP contribution in [0.1, 0.15) is 13.8 Å². The van der Waals surface area contributed by atoms with Crippen LogP contribution in [0.3, 0.4) is 0 Å². The van der Waals surface area contributed by atoms with Gasteiger partial charge in [-0.15, -0.1) is 0 Å². The lowest BCUT2D eigenvalue weighted by Crippen LogP contribution is -2.55. The van der Waals surface area contributed by atoms with Gasteiger partial charge in [0.2, 0.25) is 5.03 Å². The van der Waals surface area contributed by atoms with Gasteiger partial charge in [-0.25, -0.2) is 18.1 Å². The smallest absolute Gasteiger partial charge is 0.261 e. The fourth-order valence-corrected chi connectivity index (χ4v) is 3.82. The maximum atomic E-state index is 12.3. The van der Waals surface area contributed by atoms with Crippen LogP contribution in [0.15, 0.2) is 11.4 Å². The lowest BCUT2D eigenvalue weighted by atomic mass is 10.0. The molecule has 21 heavy (non-hydrogen) atoms. The van der Waals surface area contributed by atoms with Crippen LogP contribution in [0, 0.1) is 0 Å². The minimum absolute atomic E-state index is 0.103. The molecular formula is C12H21ClN4O3S. The van der Waals surface area contributed by atoms with E-state index in [2.05, 4.69) is 14.6 Å². The van der Waals surface area contributed by atoms with E-state index in [4.69, 9.17) is 16.3 Å². The summed E-state index contributed by atoms with van der Waals surface area (Å²) in [6.45, 7) is 7.20. The van der Waals surface area contributed by atoms with E-state index < -0.39 is 10.0 Å². The van der Waals surface area contributed by atoms with Gasteiger partial charge in [-0.1, -0.05) is 11.6 Å². The highest BCUT2D eigenvalue weighted by atomic mass is 35.5. The van der Waals surface area contributed by atoms with Crippen LogP contribution < -0.4 is 4.72 Å². The predicted molar refractivity (Wildman–Crippen MR) is 79.9 cm³/mol. The molecule has 1 aromatic rings. The van der Waals surface area contributed by atoms with Gasteiger partial charge < -0.3 is 9.30 Å². The molecule has 0 spiro atoms. The van der Waals surface area contributed by atoms with E-state index >= 15 is 0 Å². The number of nitrogens with zero attached hydrogens (tertiary/aromatic N) is 3. The molecule has 7 nitrogen and oxygen atoms in total. The van der Waals surface area contributed by atoms with E-state index in [0.717, 1.165) is 13.1 Å². The number of aromatic nitrogens is 2. The molecule has 1 aliphatic heterocycles. The molecule has 1 aromatic heterocycles. The molecule has 120 valence electrons. The molecule has 1 aliphatic rings. The van der Waals surface area contributed by atoms with E-state index in [0.29, 0.717) is 13.2 Å². The van der Waals surface area contributed by atoms with Crippen molar-refractivity contribution in [2.24, 2.45) is 7.05 Å². The standard InChI is InChI=1S/C12H21ClN4O3S/c1-12(2,17-4-6-20-7-5-17)8-15-21(18,19)11-10(13)16(3)9-14-11/h9,15H,4-8H2,1-3H3. The van der Waals surface area contributed by atoms with Gasteiger partial charge in [0.1, 0.15) is 5.15 Å². The predicted octanol–water partition coefficient (Wildman–Crippen LogP) is 0.463. The Balaban J connectivity index is 2.05. The van der Waals surface area contributed by atoms with Crippen molar-refractivity contribution in [1.82, 2.24) is 19.2 Å². The van der Waals surface area contributed by atoms with Gasteiger partial charge in [-0.05, 0) is 13.8 Å². The highest BCUT2D eigenvalue weighted by molar-refractivity contribution is 7.89. The summed E-state index contributed by atoms with van der Waals surface area (Å²) in [5.41, 5.74) is -0.307. The highest BCUT2D eigenvalue weighted by Crippen LogP contribution is 2.20. The summed E-state index contributed by atoms with van der Waals surface area (Å²) in [6, 6.07) is 0. The Morgan fingerprint density at radius 1 is 1.43 bits per heavy atom. The number of halogens is 1. The van der Waals surface area contributed by atoms with Crippen molar-refractivity contribution in [3.8, 4) is 0 Å². The summed E-state index contributed by atoms with van der Waals surface area (Å²) < 4.78 is 33.9. The molecule has 9 heteroatoms. The molecule has 0 radical (unpaired) electrons. The van der Waals surface area contributed by atoms with Crippen molar-refractivity contribution in [1.29, 1.82) is 0 Å². The fourth-order valence-electron chi connectivity index (χ4n) is 2.19. The first-order chi connectivity index (χ1) is 9.74. The number of rotatable bonds is 5. The molecule has 1 N–H and O–H groups in total. The third-order valence-corrected chi connectivity index (χ3v) is 5.54. The van der Waals surface area contributed by atoms with Gasteiger partial charge in [0.15, 0.2) is 0 Å². The molecule has 0 bridgehead atoms. The summed E-state index contributed by atoms with van der Waals surface area (Å²) in [5.74, 6) is 0. The zero-order valence-corrected chi connectivity index (χ0v) is 14.0. The van der Waals surface area contributed by atoms with Crippen molar-refractivity contribution in [2.45, 2.75) is 24.4 Å². The van der Waals surface area contributed by atoms with Gasteiger partial charge in [0, 0.05) is 32.2 Å². The van der Waals surface area contributed by atoms with Crippen LogP contribution in [0.5, 0.6) is 0 Å². The van der Waals surface area contributed by atoms with Crippen molar-refractivity contribution in [3.05, 3.63) is 11.5 Å². The van der Waals surface area contributed by atoms with Crippen LogP contribution in [-0.4, -0.2) is 61.3 Å². The number of ether oxygens (including phenoxy) is 1. The molecule has 1 fully saturated rings. The second-order valence-corrected chi connectivity index (χ2v) is 7.73. The Kier molecular flexibility index (Phi) is 4.94. The van der Waals surface area contributed by atoms with E-state index in [1.54, 1.807) is 7.05 Å². The number of aryl methyl sites for hydroxylation is 1. The maximum Gasteiger partial charge on any atom is 0.261 e. The Morgan fingerprint density at radius 2 is 2.05 bits per heavy atom. The SMILES string of the molecule is Cn1cnc(S(=O)(=O)NCC(C)(C)N2CCOCC2)c1Cl. The number of morpholine rings is 1. The topological polar surface area (TPSA) is 76.5 Å². The van der Waals surface area contributed by atoms with E-state index in [1.807, 2.05) is 13.8 Å². The summed E-state index contributed by atoms with van der Waals surface area (Å²) in [4.78, 5) is 6.05. The Morgan fingerprint density at radius 3 is 2.57 bits per heavy atom. The Labute approximate surface area is 130 Å². The summed E-state index contributed by atoms with van der Waals surface area (Å²) in [6.07, 6.45) is 1.38. The number of hydrogen-bond acceptors (Lipinski definition) is 5. The molecule has 1 saturated heterocycles. The summed E-state index contributed by atoms with van der Waals surface area (Å²) >= 11 is 5.95. The fraction of sp³-hybridized carbons (Fsp3) is 0.750. The summed E-state index contributed by atoms with van der Waals surface area (Å²) in [5, 5.41) is -0.0314. The van der Waals surface area contributed by atoms with Crippen molar-refractivity contribution >= 4 is 21.6 Å². The van der Waals surface area contributed by atoms with Crippen molar-refractivity contribution in [2.75, 3.05) is 32.8 Å². The molecule has 2 heterocycles. The first kappa shape index (κ1) is 16.7. The quantitative estimate of drug-likeness (QED) is 0.845. The summed E-state index contributed by atoms with van der Waals surface area (Å²) in [7, 11) is -2.07. The van der Waals surface area contributed by atoms with Gasteiger partial charge in [0.25, 0.3) is 10.0 Å². The second-order valence-electron chi connectivity index (χ2n) is 5.69. The number of hydrogen-bond donors (Lipinski definition) is 1. The largest absolute Gasteiger partial charge is 0.379 e. The molecule has 0 saturated carbocycles. The molecular weight excluding hydrogens is 316 g/mol. The molecule has 0 unspecified atom stereocenters. The molecule has 0 aliphatic carbocycles. The van der Waals surface area contributed by atoms with Crippen molar-refractivity contribution < 1.29 is 13.2 Å². The number of nitrogens with one attached hydrogen (secondary N) is 1. The van der Waals surface area contributed by atoms with Gasteiger partial charge >= 0.3 is 0 Å². The van der Waals surface area contributed by atoms with Crippen LogP contribution >= 0.6 is 11.6 Å². The van der Waals surface area contributed by atoms with E-state index in [1.165, 1.54) is 10.9 Å². The maximum absolute atomic E-state index is 12.3. The third-order valence-electron chi connectivity index (χ3n) is 3.65. The van der Waals surface area contributed by atoms with Crippen LogP contribution in [-0.2, 0) is 21.8 Å². The second kappa shape index (κ2) is 6.21. The first-order valence-corrected chi connectivity index (χ1v) is 8.59. The number of sulfonamides is 1. The Bertz CT molecular complexity index is 594. The van der Waals surface area contributed by atoms with Crippen LogP contribution in [0.25, 0.3) is 0 Å². The first-order valence-electron chi connectivity index (χ1n) is 6.73. The normalized spacial score (nSPS) is 18.1. The van der Waals surface area contributed by atoms with Crippen molar-refractivity contribution in [3.63, 3.8) is 0 Å². The highest BCUT2D eigenvalue weighted by Gasteiger charge is 2.31. The van der Waals surface area contributed by atoms with Gasteiger partial charge in [-0.2, -0.15) is 0 Å². The lowest BCUT2D eigenvalue weighted by Gasteiger charge is -2.40. The van der Waals surface area contributed by atoms with E-state index in [9.17, 15) is 8.42 Å². The molecule has 0 amide bonds. The molecule has 2 rings (SSSR count). The number of imidazole rings is 1. The average Bonchev–Trinajstić information content (AvgIpc) is 2.79. The van der Waals surface area contributed by atoms with E-state index in [-0.39, 0.29) is 22.3 Å². The zero-order chi connectivity index (χ0) is 15.7. The monoisotopic (exact) mass is 336 g/mol. The van der Waals surface area contributed by atoms with Gasteiger partial charge in [0.05, 0.1) is 19.5 Å². The minimum atomic E-state index is -3.71. The minimum Gasteiger partial charge on any atom is -0.379 e. The van der Waals surface area contributed by atoms with Gasteiger partial charge in [-0.3, -0.25) is 4.90 Å². The van der Waals surface area contributed by atoms with Crippen LogP contribution in [0.4, 0.5) is 0 Å².